The van der Waals surface area contributed by atoms with E-state index in [4.69, 9.17) is 21.1 Å². The molecule has 0 unspecified atom stereocenters. The molecule has 0 saturated heterocycles. The molecule has 0 fully saturated rings. The number of ether oxygens (including phenoxy) is 2. The number of pyridine rings is 1. The first-order chi connectivity index (χ1) is 11.6. The maximum atomic E-state index is 12.9. The molecule has 0 amide bonds. The van der Waals surface area contributed by atoms with E-state index in [1.165, 1.54) is 17.9 Å². The smallest absolute Gasteiger partial charge is 0.355 e. The van der Waals surface area contributed by atoms with Crippen LogP contribution in [0.3, 0.4) is 0 Å². The summed E-state index contributed by atoms with van der Waals surface area (Å²) in [5, 5.41) is 0.733. The Morgan fingerprint density at radius 1 is 1.17 bits per heavy atom. The molecular weight excluding hydrogens is 332 g/mol. The van der Waals surface area contributed by atoms with Crippen molar-refractivity contribution in [3.05, 3.63) is 59.0 Å². The molecule has 7 heteroatoms. The van der Waals surface area contributed by atoms with Gasteiger partial charge in [-0.1, -0.05) is 11.6 Å². The van der Waals surface area contributed by atoms with Crippen LogP contribution in [0.1, 0.15) is 20.8 Å². The van der Waals surface area contributed by atoms with E-state index in [9.17, 15) is 9.59 Å². The molecule has 3 rings (SSSR count). The number of hydrogen-bond donors (Lipinski definition) is 0. The standard InChI is InChI=1S/C17H13ClN2O4/c1-23-11-5-6-13-10(8-11)9-14(17(22)24-2)20(13)16(21)12-4-3-7-19-15(12)18/h3-9H,1-2H3. The number of carbonyl (C=O) groups excluding carboxylic acids is 2. The van der Waals surface area contributed by atoms with Crippen molar-refractivity contribution >= 4 is 34.4 Å². The number of rotatable bonds is 3. The summed E-state index contributed by atoms with van der Waals surface area (Å²) in [6.45, 7) is 0. The third kappa shape index (κ3) is 2.61. The number of nitrogens with zero attached hydrogens (tertiary/aromatic N) is 2. The van der Waals surface area contributed by atoms with Crippen LogP contribution in [0.4, 0.5) is 0 Å². The van der Waals surface area contributed by atoms with E-state index in [1.54, 1.807) is 43.5 Å². The molecule has 0 aliphatic rings. The van der Waals surface area contributed by atoms with Crippen LogP contribution in [0.15, 0.2) is 42.6 Å². The highest BCUT2D eigenvalue weighted by atomic mass is 35.5. The Labute approximate surface area is 142 Å². The summed E-state index contributed by atoms with van der Waals surface area (Å²) < 4.78 is 11.2. The summed E-state index contributed by atoms with van der Waals surface area (Å²) in [6, 6.07) is 9.86. The maximum absolute atomic E-state index is 12.9. The number of fused-ring (bicyclic) bond motifs is 1. The average molecular weight is 345 g/mol. The molecule has 122 valence electrons. The quantitative estimate of drug-likeness (QED) is 0.539. The molecule has 0 spiro atoms. The normalized spacial score (nSPS) is 10.6. The van der Waals surface area contributed by atoms with Crippen molar-refractivity contribution in [1.29, 1.82) is 0 Å². The zero-order valence-electron chi connectivity index (χ0n) is 12.9. The van der Waals surface area contributed by atoms with Crippen LogP contribution in [0.5, 0.6) is 5.75 Å². The van der Waals surface area contributed by atoms with E-state index in [0.717, 1.165) is 0 Å². The van der Waals surface area contributed by atoms with Gasteiger partial charge in [0.05, 0.1) is 25.3 Å². The summed E-state index contributed by atoms with van der Waals surface area (Å²) >= 11 is 6.02. The lowest BCUT2D eigenvalue weighted by Crippen LogP contribution is -2.19. The van der Waals surface area contributed by atoms with Crippen LogP contribution in [0.2, 0.25) is 5.15 Å². The molecule has 0 N–H and O–H groups in total. The van der Waals surface area contributed by atoms with Gasteiger partial charge in [-0.2, -0.15) is 0 Å². The van der Waals surface area contributed by atoms with E-state index in [-0.39, 0.29) is 16.4 Å². The van der Waals surface area contributed by atoms with E-state index in [1.807, 2.05) is 0 Å². The zero-order valence-corrected chi connectivity index (χ0v) is 13.7. The lowest BCUT2D eigenvalue weighted by Gasteiger charge is -2.09. The lowest BCUT2D eigenvalue weighted by molar-refractivity contribution is 0.0584. The molecule has 0 bridgehead atoms. The number of halogens is 1. The van der Waals surface area contributed by atoms with Crippen molar-refractivity contribution in [1.82, 2.24) is 9.55 Å². The van der Waals surface area contributed by atoms with Crippen LogP contribution in [0, 0.1) is 0 Å². The Kier molecular flexibility index (Phi) is 4.22. The highest BCUT2D eigenvalue weighted by Crippen LogP contribution is 2.27. The Hall–Kier alpha value is -2.86. The van der Waals surface area contributed by atoms with Gasteiger partial charge in [-0.3, -0.25) is 9.36 Å². The minimum atomic E-state index is -0.626. The number of methoxy groups -OCH3 is 2. The highest BCUT2D eigenvalue weighted by molar-refractivity contribution is 6.33. The van der Waals surface area contributed by atoms with Crippen LogP contribution in [0.25, 0.3) is 10.9 Å². The molecule has 0 atom stereocenters. The predicted octanol–water partition coefficient (Wildman–Crippen LogP) is 3.17. The average Bonchev–Trinajstić information content (AvgIpc) is 2.99. The Morgan fingerprint density at radius 3 is 2.62 bits per heavy atom. The second kappa shape index (κ2) is 6.33. The summed E-state index contributed by atoms with van der Waals surface area (Å²) in [4.78, 5) is 28.9. The number of carbonyl (C=O) groups is 2. The zero-order chi connectivity index (χ0) is 17.3. The summed E-state index contributed by atoms with van der Waals surface area (Å²) in [7, 11) is 2.80. The van der Waals surface area contributed by atoms with Crippen molar-refractivity contribution < 1.29 is 19.1 Å². The summed E-state index contributed by atoms with van der Waals surface area (Å²) in [5.41, 5.74) is 0.837. The Balaban J connectivity index is 2.26. The molecule has 2 aromatic heterocycles. The molecule has 24 heavy (non-hydrogen) atoms. The minimum absolute atomic E-state index is 0.0636. The van der Waals surface area contributed by atoms with Crippen molar-refractivity contribution in [3.8, 4) is 5.75 Å². The SMILES string of the molecule is COC(=O)c1cc2cc(OC)ccc2n1C(=O)c1cccnc1Cl. The number of aromatic nitrogens is 2. The number of benzene rings is 1. The van der Waals surface area contributed by atoms with Crippen molar-refractivity contribution in [2.45, 2.75) is 0 Å². The first-order valence-corrected chi connectivity index (χ1v) is 7.37. The van der Waals surface area contributed by atoms with Crippen LogP contribution < -0.4 is 4.74 Å². The molecule has 1 aromatic carbocycles. The molecule has 6 nitrogen and oxygen atoms in total. The minimum Gasteiger partial charge on any atom is -0.497 e. The van der Waals surface area contributed by atoms with Gasteiger partial charge in [-0.05, 0) is 36.4 Å². The Bertz CT molecular complexity index is 949. The van der Waals surface area contributed by atoms with Crippen LogP contribution in [-0.4, -0.2) is 35.6 Å². The van der Waals surface area contributed by atoms with E-state index in [2.05, 4.69) is 4.98 Å². The molecule has 0 aliphatic carbocycles. The fourth-order valence-electron chi connectivity index (χ4n) is 2.46. The van der Waals surface area contributed by atoms with E-state index in [0.29, 0.717) is 16.7 Å². The van der Waals surface area contributed by atoms with Gasteiger partial charge in [0.1, 0.15) is 16.6 Å². The van der Waals surface area contributed by atoms with E-state index < -0.39 is 11.9 Å². The first kappa shape index (κ1) is 16.0. The molecule has 0 radical (unpaired) electrons. The molecule has 2 heterocycles. The van der Waals surface area contributed by atoms with Gasteiger partial charge in [0, 0.05) is 11.6 Å². The second-order valence-corrected chi connectivity index (χ2v) is 5.29. The molecule has 3 aromatic rings. The third-order valence-electron chi connectivity index (χ3n) is 3.60. The van der Waals surface area contributed by atoms with Crippen molar-refractivity contribution in [2.24, 2.45) is 0 Å². The first-order valence-electron chi connectivity index (χ1n) is 7.00. The van der Waals surface area contributed by atoms with Crippen LogP contribution in [-0.2, 0) is 4.74 Å². The summed E-state index contributed by atoms with van der Waals surface area (Å²) in [5.74, 6) is -0.477. The fraction of sp³-hybridized carbons (Fsp3) is 0.118. The Morgan fingerprint density at radius 2 is 1.96 bits per heavy atom. The van der Waals surface area contributed by atoms with Gasteiger partial charge in [0.25, 0.3) is 5.91 Å². The molecule has 0 saturated carbocycles. The largest absolute Gasteiger partial charge is 0.497 e. The van der Waals surface area contributed by atoms with Gasteiger partial charge in [-0.15, -0.1) is 0 Å². The predicted molar refractivity (Wildman–Crippen MR) is 88.8 cm³/mol. The van der Waals surface area contributed by atoms with Gasteiger partial charge in [-0.25, -0.2) is 9.78 Å². The number of hydrogen-bond acceptors (Lipinski definition) is 5. The van der Waals surface area contributed by atoms with Gasteiger partial charge in [0.15, 0.2) is 0 Å². The van der Waals surface area contributed by atoms with Gasteiger partial charge in [0.2, 0.25) is 0 Å². The van der Waals surface area contributed by atoms with Crippen molar-refractivity contribution in [3.63, 3.8) is 0 Å². The van der Waals surface area contributed by atoms with Crippen molar-refractivity contribution in [2.75, 3.05) is 14.2 Å². The second-order valence-electron chi connectivity index (χ2n) is 4.93. The monoisotopic (exact) mass is 344 g/mol. The van der Waals surface area contributed by atoms with Crippen LogP contribution >= 0.6 is 11.6 Å². The summed E-state index contributed by atoms with van der Waals surface area (Å²) in [6.07, 6.45) is 1.49. The topological polar surface area (TPSA) is 70.4 Å². The number of esters is 1. The third-order valence-corrected chi connectivity index (χ3v) is 3.90. The maximum Gasteiger partial charge on any atom is 0.355 e. The molecule has 0 aliphatic heterocycles. The van der Waals surface area contributed by atoms with Gasteiger partial charge < -0.3 is 9.47 Å². The fourth-order valence-corrected chi connectivity index (χ4v) is 2.66. The lowest BCUT2D eigenvalue weighted by atomic mass is 10.2. The van der Waals surface area contributed by atoms with E-state index >= 15 is 0 Å². The molecular formula is C17H13ClN2O4. The highest BCUT2D eigenvalue weighted by Gasteiger charge is 2.23. The van der Waals surface area contributed by atoms with Gasteiger partial charge >= 0.3 is 5.97 Å².